The molecular formula is C11H10N8O. The van der Waals surface area contributed by atoms with Crippen LogP contribution in [0.25, 0.3) is 5.78 Å². The van der Waals surface area contributed by atoms with Crippen LogP contribution in [0.2, 0.25) is 0 Å². The SMILES string of the molecule is Cc1nn2nnnc2nc1NNC(=O)c1ccccc1. The van der Waals surface area contributed by atoms with E-state index in [0.717, 1.165) is 0 Å². The number of aryl methyl sites for hydroxylation is 1. The molecule has 0 spiro atoms. The van der Waals surface area contributed by atoms with Crippen molar-refractivity contribution in [2.24, 2.45) is 0 Å². The quantitative estimate of drug-likeness (QED) is 0.643. The molecule has 0 fully saturated rings. The van der Waals surface area contributed by atoms with Crippen molar-refractivity contribution in [3.8, 4) is 0 Å². The Balaban J connectivity index is 1.76. The number of tetrazole rings is 1. The van der Waals surface area contributed by atoms with E-state index in [4.69, 9.17) is 0 Å². The monoisotopic (exact) mass is 270 g/mol. The summed E-state index contributed by atoms with van der Waals surface area (Å²) < 4.78 is 1.21. The van der Waals surface area contributed by atoms with E-state index in [9.17, 15) is 4.79 Å². The number of hydrogen-bond donors (Lipinski definition) is 2. The van der Waals surface area contributed by atoms with Crippen LogP contribution in [0.1, 0.15) is 16.1 Å². The summed E-state index contributed by atoms with van der Waals surface area (Å²) in [6, 6.07) is 8.83. The molecule has 2 heterocycles. The minimum Gasteiger partial charge on any atom is -0.280 e. The van der Waals surface area contributed by atoms with E-state index >= 15 is 0 Å². The molecule has 0 saturated carbocycles. The van der Waals surface area contributed by atoms with E-state index in [2.05, 4.69) is 36.5 Å². The zero-order valence-corrected chi connectivity index (χ0v) is 10.5. The highest BCUT2D eigenvalue weighted by Crippen LogP contribution is 2.07. The van der Waals surface area contributed by atoms with Crippen LogP contribution in [0.5, 0.6) is 0 Å². The largest absolute Gasteiger partial charge is 0.293 e. The van der Waals surface area contributed by atoms with Gasteiger partial charge in [-0.1, -0.05) is 27.9 Å². The fraction of sp³-hybridized carbons (Fsp3) is 0.0909. The molecule has 2 N–H and O–H groups in total. The number of hydrazine groups is 1. The average molecular weight is 270 g/mol. The Labute approximate surface area is 113 Å². The fourth-order valence-electron chi connectivity index (χ4n) is 1.58. The van der Waals surface area contributed by atoms with Crippen molar-refractivity contribution in [2.45, 2.75) is 6.92 Å². The molecule has 9 nitrogen and oxygen atoms in total. The zero-order valence-electron chi connectivity index (χ0n) is 10.5. The van der Waals surface area contributed by atoms with Crippen molar-refractivity contribution < 1.29 is 4.79 Å². The predicted molar refractivity (Wildman–Crippen MR) is 68.6 cm³/mol. The first-order chi connectivity index (χ1) is 9.74. The number of hydrogen-bond acceptors (Lipinski definition) is 7. The summed E-state index contributed by atoms with van der Waals surface area (Å²) in [4.78, 5) is 16.0. The predicted octanol–water partition coefficient (Wildman–Crippen LogP) is -0.0204. The van der Waals surface area contributed by atoms with E-state index in [1.807, 2.05) is 6.07 Å². The molecule has 0 unspecified atom stereocenters. The molecule has 0 aliphatic heterocycles. The van der Waals surface area contributed by atoms with Gasteiger partial charge in [0.2, 0.25) is 0 Å². The van der Waals surface area contributed by atoms with Gasteiger partial charge in [0.25, 0.3) is 11.7 Å². The summed E-state index contributed by atoms with van der Waals surface area (Å²) in [5.41, 5.74) is 6.35. The number of benzene rings is 1. The lowest BCUT2D eigenvalue weighted by Crippen LogP contribution is -2.30. The van der Waals surface area contributed by atoms with Crippen LogP contribution in [0.4, 0.5) is 5.82 Å². The van der Waals surface area contributed by atoms with Crippen LogP contribution in [-0.2, 0) is 0 Å². The minimum atomic E-state index is -0.272. The van der Waals surface area contributed by atoms with E-state index in [-0.39, 0.29) is 11.7 Å². The number of carbonyl (C=O) groups is 1. The maximum absolute atomic E-state index is 11.9. The Kier molecular flexibility index (Phi) is 2.92. The van der Waals surface area contributed by atoms with Gasteiger partial charge in [0.1, 0.15) is 5.69 Å². The first-order valence-electron chi connectivity index (χ1n) is 5.78. The van der Waals surface area contributed by atoms with Crippen LogP contribution in [0, 0.1) is 6.92 Å². The first kappa shape index (κ1) is 12.0. The van der Waals surface area contributed by atoms with Crippen LogP contribution >= 0.6 is 0 Å². The van der Waals surface area contributed by atoms with Crippen molar-refractivity contribution in [3.05, 3.63) is 41.6 Å². The van der Waals surface area contributed by atoms with Gasteiger partial charge < -0.3 is 0 Å². The maximum Gasteiger partial charge on any atom is 0.293 e. The Hall–Kier alpha value is -3.10. The highest BCUT2D eigenvalue weighted by Gasteiger charge is 2.09. The standard InChI is InChI=1S/C11H10N8O/c1-7-9(12-11-15-17-18-19(11)16-7)13-14-10(20)8-5-3-2-4-6-8/h2-6H,1H3,(H,14,20)(H,12,13,15,18). The summed E-state index contributed by atoms with van der Waals surface area (Å²) in [7, 11) is 0. The molecule has 2 aromatic heterocycles. The second kappa shape index (κ2) is 4.88. The molecule has 0 radical (unpaired) electrons. The molecule has 9 heteroatoms. The third-order valence-corrected chi connectivity index (χ3v) is 2.57. The van der Waals surface area contributed by atoms with E-state index in [1.54, 1.807) is 31.2 Å². The van der Waals surface area contributed by atoms with Crippen molar-refractivity contribution in [1.82, 2.24) is 35.7 Å². The van der Waals surface area contributed by atoms with Crippen molar-refractivity contribution in [3.63, 3.8) is 0 Å². The average Bonchev–Trinajstić information content (AvgIpc) is 2.92. The summed E-state index contributed by atoms with van der Waals surface area (Å²) >= 11 is 0. The van der Waals surface area contributed by atoms with Gasteiger partial charge in [-0.2, -0.15) is 4.98 Å². The number of amides is 1. The molecule has 3 rings (SSSR count). The van der Waals surface area contributed by atoms with Crippen LogP contribution < -0.4 is 10.9 Å². The van der Waals surface area contributed by atoms with Gasteiger partial charge in [0.15, 0.2) is 5.82 Å². The van der Waals surface area contributed by atoms with Gasteiger partial charge in [-0.25, -0.2) is 0 Å². The molecule has 0 atom stereocenters. The molecule has 1 amide bonds. The molecule has 100 valence electrons. The number of carbonyl (C=O) groups excluding carboxylic acids is 1. The molecule has 0 aliphatic carbocycles. The second-order valence-electron chi connectivity index (χ2n) is 3.96. The first-order valence-corrected chi connectivity index (χ1v) is 5.78. The Morgan fingerprint density at radius 2 is 2.05 bits per heavy atom. The van der Waals surface area contributed by atoms with Crippen molar-refractivity contribution in [2.75, 3.05) is 5.43 Å². The smallest absolute Gasteiger partial charge is 0.280 e. The Morgan fingerprint density at radius 1 is 1.25 bits per heavy atom. The summed E-state index contributed by atoms with van der Waals surface area (Å²) in [6.07, 6.45) is 0. The molecule has 0 aliphatic rings. The van der Waals surface area contributed by atoms with Crippen LogP contribution in [-0.4, -0.2) is 36.1 Å². The molecule has 0 bridgehead atoms. The van der Waals surface area contributed by atoms with E-state index in [1.165, 1.54) is 4.63 Å². The van der Waals surface area contributed by atoms with Gasteiger partial charge in [0.05, 0.1) is 0 Å². The van der Waals surface area contributed by atoms with E-state index < -0.39 is 0 Å². The topological polar surface area (TPSA) is 110 Å². The van der Waals surface area contributed by atoms with Gasteiger partial charge in [0, 0.05) is 5.56 Å². The van der Waals surface area contributed by atoms with Gasteiger partial charge in [-0.05, 0) is 29.5 Å². The second-order valence-corrected chi connectivity index (χ2v) is 3.96. The molecule has 20 heavy (non-hydrogen) atoms. The number of nitrogens with one attached hydrogen (secondary N) is 2. The molecule has 3 aromatic rings. The summed E-state index contributed by atoms with van der Waals surface area (Å²) in [5.74, 6) is 0.356. The lowest BCUT2D eigenvalue weighted by molar-refractivity contribution is 0.0962. The highest BCUT2D eigenvalue weighted by atomic mass is 16.2. The van der Waals surface area contributed by atoms with Crippen molar-refractivity contribution in [1.29, 1.82) is 0 Å². The molecular weight excluding hydrogens is 260 g/mol. The van der Waals surface area contributed by atoms with Gasteiger partial charge in [-0.3, -0.25) is 15.6 Å². The minimum absolute atomic E-state index is 0.243. The highest BCUT2D eigenvalue weighted by molar-refractivity contribution is 5.94. The Morgan fingerprint density at radius 3 is 2.85 bits per heavy atom. The summed E-state index contributed by atoms with van der Waals surface area (Å²) in [6.45, 7) is 1.73. The fourth-order valence-corrected chi connectivity index (χ4v) is 1.58. The number of fused-ring (bicyclic) bond motifs is 1. The lowest BCUT2D eigenvalue weighted by Gasteiger charge is -2.08. The number of nitrogens with zero attached hydrogens (tertiary/aromatic N) is 6. The summed E-state index contributed by atoms with van der Waals surface area (Å²) in [5, 5.41) is 14.9. The Bertz CT molecular complexity index is 753. The van der Waals surface area contributed by atoms with Crippen LogP contribution in [0.3, 0.4) is 0 Å². The van der Waals surface area contributed by atoms with E-state index in [0.29, 0.717) is 17.1 Å². The molecule has 0 saturated heterocycles. The van der Waals surface area contributed by atoms with Gasteiger partial charge >= 0.3 is 0 Å². The number of rotatable bonds is 3. The third-order valence-electron chi connectivity index (χ3n) is 2.57. The maximum atomic E-state index is 11.9. The van der Waals surface area contributed by atoms with Crippen LogP contribution in [0.15, 0.2) is 30.3 Å². The van der Waals surface area contributed by atoms with Gasteiger partial charge in [-0.15, -0.1) is 5.10 Å². The lowest BCUT2D eigenvalue weighted by atomic mass is 10.2. The normalized spacial score (nSPS) is 10.4. The van der Waals surface area contributed by atoms with Crippen molar-refractivity contribution >= 4 is 17.5 Å². The number of anilines is 1. The third kappa shape index (κ3) is 2.23. The zero-order chi connectivity index (χ0) is 13.9. The number of aromatic nitrogens is 6. The molecule has 1 aromatic carbocycles.